The molecule has 0 amide bonds. The molecule has 0 aromatic carbocycles. The highest BCUT2D eigenvalue weighted by Gasteiger charge is 2.39. The monoisotopic (exact) mass is 289 g/mol. The van der Waals surface area contributed by atoms with Crippen LogP contribution in [0.25, 0.3) is 0 Å². The van der Waals surface area contributed by atoms with Gasteiger partial charge in [0.05, 0.1) is 12.6 Å². The molecule has 10 heteroatoms. The minimum atomic E-state index is -4.48. The van der Waals surface area contributed by atoms with E-state index >= 15 is 0 Å². The Morgan fingerprint density at radius 3 is 2.65 bits per heavy atom. The molecule has 0 unspecified atom stereocenters. The van der Waals surface area contributed by atoms with Crippen LogP contribution in [-0.4, -0.2) is 38.2 Å². The van der Waals surface area contributed by atoms with E-state index in [9.17, 15) is 13.2 Å². The number of rotatable bonds is 1. The van der Waals surface area contributed by atoms with E-state index in [1.807, 2.05) is 0 Å². The van der Waals surface area contributed by atoms with E-state index in [1.165, 1.54) is 0 Å². The maximum absolute atomic E-state index is 12.7. The van der Waals surface area contributed by atoms with E-state index < -0.39 is 12.0 Å². The van der Waals surface area contributed by atoms with E-state index in [-0.39, 0.29) is 25.0 Å². The van der Waals surface area contributed by atoms with Crippen LogP contribution in [0, 0.1) is 0 Å². The van der Waals surface area contributed by atoms with Crippen molar-refractivity contribution in [1.82, 2.24) is 25.1 Å². The van der Waals surface area contributed by atoms with Crippen molar-refractivity contribution in [2.75, 3.05) is 6.54 Å². The van der Waals surface area contributed by atoms with Crippen molar-refractivity contribution in [1.29, 1.82) is 0 Å². The lowest BCUT2D eigenvalue weighted by atomic mass is 10.3. The highest BCUT2D eigenvalue weighted by Crippen LogP contribution is 2.29. The van der Waals surface area contributed by atoms with Crippen molar-refractivity contribution >= 4 is 5.96 Å². The van der Waals surface area contributed by atoms with E-state index in [0.717, 1.165) is 17.4 Å². The molecule has 7 nitrogen and oxygen atoms in total. The Hall–Kier alpha value is -1.84. The van der Waals surface area contributed by atoms with Gasteiger partial charge in [0, 0.05) is 13.1 Å². The standard InChI is InChI=1S/C10H14F3N7/c11-10(12,13)8-18-17-7-5-19(3-4-20(7)8)9(16-14)15-6-1-2-6/h6H,1-5,14H2,(H,15,16). The maximum atomic E-state index is 12.7. The van der Waals surface area contributed by atoms with Gasteiger partial charge in [-0.05, 0) is 12.8 Å². The predicted octanol–water partition coefficient (Wildman–Crippen LogP) is 0.0942. The average molecular weight is 289 g/mol. The van der Waals surface area contributed by atoms with Gasteiger partial charge in [-0.1, -0.05) is 0 Å². The number of hydrogen-bond acceptors (Lipinski definition) is 4. The van der Waals surface area contributed by atoms with Crippen LogP contribution in [0.15, 0.2) is 4.99 Å². The normalized spacial score (nSPS) is 20.0. The van der Waals surface area contributed by atoms with Gasteiger partial charge in [0.1, 0.15) is 0 Å². The second kappa shape index (κ2) is 4.62. The number of guanidine groups is 1. The fourth-order valence-corrected chi connectivity index (χ4v) is 2.13. The van der Waals surface area contributed by atoms with Crippen molar-refractivity contribution < 1.29 is 13.2 Å². The molecule has 2 heterocycles. The number of nitrogens with zero attached hydrogens (tertiary/aromatic N) is 5. The van der Waals surface area contributed by atoms with E-state index in [2.05, 4.69) is 20.6 Å². The van der Waals surface area contributed by atoms with E-state index in [0.29, 0.717) is 12.5 Å². The molecule has 0 atom stereocenters. The first kappa shape index (κ1) is 13.2. The van der Waals surface area contributed by atoms with Gasteiger partial charge >= 0.3 is 6.18 Å². The van der Waals surface area contributed by atoms with E-state index in [4.69, 9.17) is 5.84 Å². The van der Waals surface area contributed by atoms with Crippen LogP contribution in [0.1, 0.15) is 24.5 Å². The van der Waals surface area contributed by atoms with Crippen molar-refractivity contribution in [2.24, 2.45) is 10.8 Å². The Balaban J connectivity index is 1.80. The Morgan fingerprint density at radius 1 is 1.30 bits per heavy atom. The predicted molar refractivity (Wildman–Crippen MR) is 63.2 cm³/mol. The third-order valence-electron chi connectivity index (χ3n) is 3.29. The summed E-state index contributed by atoms with van der Waals surface area (Å²) in [6.45, 7) is 0.741. The van der Waals surface area contributed by atoms with Gasteiger partial charge in [-0.15, -0.1) is 10.2 Å². The fourth-order valence-electron chi connectivity index (χ4n) is 2.13. The summed E-state index contributed by atoms with van der Waals surface area (Å²) in [5.74, 6) is 5.24. The molecule has 3 N–H and O–H groups in total. The summed E-state index contributed by atoms with van der Waals surface area (Å²) in [5, 5.41) is 6.84. The minimum Gasteiger partial charge on any atom is -0.333 e. The molecule has 1 fully saturated rings. The summed E-state index contributed by atoms with van der Waals surface area (Å²) < 4.78 is 39.3. The Morgan fingerprint density at radius 2 is 2.05 bits per heavy atom. The molecular weight excluding hydrogens is 275 g/mol. The van der Waals surface area contributed by atoms with Gasteiger partial charge in [-0.3, -0.25) is 5.43 Å². The molecule has 3 rings (SSSR count). The molecule has 0 radical (unpaired) electrons. The van der Waals surface area contributed by atoms with Crippen LogP contribution in [0.5, 0.6) is 0 Å². The third-order valence-corrected chi connectivity index (χ3v) is 3.29. The number of alkyl halides is 3. The van der Waals surface area contributed by atoms with Gasteiger partial charge in [-0.2, -0.15) is 13.2 Å². The summed E-state index contributed by atoms with van der Waals surface area (Å²) in [4.78, 5) is 6.17. The largest absolute Gasteiger partial charge is 0.451 e. The summed E-state index contributed by atoms with van der Waals surface area (Å²) in [5.41, 5.74) is 2.51. The van der Waals surface area contributed by atoms with Gasteiger partial charge in [0.15, 0.2) is 5.82 Å². The molecule has 1 aromatic heterocycles. The van der Waals surface area contributed by atoms with Crippen LogP contribution in [-0.2, 0) is 19.3 Å². The summed E-state index contributed by atoms with van der Waals surface area (Å²) in [7, 11) is 0. The molecule has 1 aliphatic carbocycles. The zero-order chi connectivity index (χ0) is 14.3. The van der Waals surface area contributed by atoms with Gasteiger partial charge in [0.2, 0.25) is 11.8 Å². The smallest absolute Gasteiger partial charge is 0.333 e. The third kappa shape index (κ3) is 2.42. The van der Waals surface area contributed by atoms with Crippen molar-refractivity contribution in [3.8, 4) is 0 Å². The van der Waals surface area contributed by atoms with Crippen LogP contribution in [0.3, 0.4) is 0 Å². The van der Waals surface area contributed by atoms with Crippen molar-refractivity contribution in [2.45, 2.75) is 38.1 Å². The summed E-state index contributed by atoms with van der Waals surface area (Å²) in [6, 6.07) is 0.270. The molecule has 0 saturated heterocycles. The lowest BCUT2D eigenvalue weighted by Gasteiger charge is -2.30. The van der Waals surface area contributed by atoms with Crippen LogP contribution < -0.4 is 11.3 Å². The zero-order valence-electron chi connectivity index (χ0n) is 10.6. The van der Waals surface area contributed by atoms with Crippen molar-refractivity contribution in [3.05, 3.63) is 11.6 Å². The first-order valence-corrected chi connectivity index (χ1v) is 6.27. The Kier molecular flexibility index (Phi) is 3.04. The fraction of sp³-hybridized carbons (Fsp3) is 0.700. The summed E-state index contributed by atoms with van der Waals surface area (Å²) >= 11 is 0. The molecule has 0 bridgehead atoms. The second-order valence-electron chi connectivity index (χ2n) is 4.84. The molecule has 0 spiro atoms. The Bertz CT molecular complexity index is 531. The van der Waals surface area contributed by atoms with Crippen LogP contribution in [0.2, 0.25) is 0 Å². The second-order valence-corrected chi connectivity index (χ2v) is 4.84. The quantitative estimate of drug-likeness (QED) is 0.331. The molecule has 2 aliphatic rings. The van der Waals surface area contributed by atoms with E-state index in [1.54, 1.807) is 4.90 Å². The van der Waals surface area contributed by atoms with Crippen molar-refractivity contribution in [3.63, 3.8) is 0 Å². The lowest BCUT2D eigenvalue weighted by molar-refractivity contribution is -0.147. The molecule has 1 saturated carbocycles. The minimum absolute atomic E-state index is 0.155. The molecule has 20 heavy (non-hydrogen) atoms. The number of aromatic nitrogens is 3. The first-order valence-electron chi connectivity index (χ1n) is 6.27. The number of aliphatic imine (C=N–C) groups is 1. The number of nitrogens with two attached hydrogens (primary N) is 1. The van der Waals surface area contributed by atoms with Crippen LogP contribution >= 0.6 is 0 Å². The molecule has 1 aromatic rings. The highest BCUT2D eigenvalue weighted by atomic mass is 19.4. The lowest BCUT2D eigenvalue weighted by Crippen LogP contribution is -2.48. The maximum Gasteiger partial charge on any atom is 0.451 e. The zero-order valence-corrected chi connectivity index (χ0v) is 10.6. The highest BCUT2D eigenvalue weighted by molar-refractivity contribution is 5.79. The first-order chi connectivity index (χ1) is 9.49. The number of hydrazine groups is 1. The topological polar surface area (TPSA) is 84.4 Å². The SMILES string of the molecule is NNC(=NC1CC1)N1CCn2c(nnc2C(F)(F)F)C1. The van der Waals surface area contributed by atoms with Gasteiger partial charge in [-0.25, -0.2) is 10.8 Å². The summed E-state index contributed by atoms with van der Waals surface area (Å²) in [6.07, 6.45) is -2.44. The number of fused-ring (bicyclic) bond motifs is 1. The number of halogens is 3. The van der Waals surface area contributed by atoms with Crippen LogP contribution in [0.4, 0.5) is 13.2 Å². The molecule has 110 valence electrons. The number of nitrogens with one attached hydrogen (secondary N) is 1. The Labute approximate surface area is 112 Å². The average Bonchev–Trinajstić information content (AvgIpc) is 3.10. The van der Waals surface area contributed by atoms with Gasteiger partial charge < -0.3 is 9.47 Å². The molecule has 1 aliphatic heterocycles. The van der Waals surface area contributed by atoms with Gasteiger partial charge in [0.25, 0.3) is 0 Å². The molecular formula is C10H14F3N7. The number of hydrogen-bond donors (Lipinski definition) is 2.